The molecule has 2 N–H and O–H groups in total. The summed E-state index contributed by atoms with van der Waals surface area (Å²) in [6.07, 6.45) is 1.34. The second-order valence-electron chi connectivity index (χ2n) is 4.24. The number of aromatic nitrogens is 2. The van der Waals surface area contributed by atoms with Crippen LogP contribution in [0.4, 0.5) is 0 Å². The van der Waals surface area contributed by atoms with Crippen LogP contribution in [-0.2, 0) is 12.8 Å². The molecule has 1 heterocycles. The van der Waals surface area contributed by atoms with Crippen molar-refractivity contribution in [2.45, 2.75) is 26.7 Å². The smallest absolute Gasteiger partial charge is 0.227 e. The Morgan fingerprint density at radius 2 is 2.06 bits per heavy atom. The zero-order valence-corrected chi connectivity index (χ0v) is 10.2. The maximum absolute atomic E-state index is 5.43. The van der Waals surface area contributed by atoms with Crippen LogP contribution in [0.3, 0.4) is 0 Å². The Bertz CT molecular complexity index is 505. The summed E-state index contributed by atoms with van der Waals surface area (Å²) in [6, 6.07) is 6.38. The molecular formula is C13H17N3O. The zero-order valence-electron chi connectivity index (χ0n) is 10.2. The number of rotatable bonds is 4. The number of hydrogen-bond acceptors (Lipinski definition) is 4. The van der Waals surface area contributed by atoms with E-state index in [1.54, 1.807) is 0 Å². The van der Waals surface area contributed by atoms with Crippen molar-refractivity contribution in [3.63, 3.8) is 0 Å². The molecule has 0 aliphatic heterocycles. The van der Waals surface area contributed by atoms with Gasteiger partial charge in [-0.3, -0.25) is 0 Å². The van der Waals surface area contributed by atoms with Crippen molar-refractivity contribution in [2.75, 3.05) is 6.54 Å². The summed E-state index contributed by atoms with van der Waals surface area (Å²) in [5.41, 5.74) is 9.22. The summed E-state index contributed by atoms with van der Waals surface area (Å²) in [4.78, 5) is 4.29. The molecular weight excluding hydrogens is 214 g/mol. The first-order valence-electron chi connectivity index (χ1n) is 5.76. The molecule has 4 heteroatoms. The normalized spacial score (nSPS) is 10.8. The molecule has 17 heavy (non-hydrogen) atoms. The molecule has 0 radical (unpaired) electrons. The standard InChI is InChI=1S/C13H17N3O/c1-9-3-4-11(7-10(9)2)8-12-15-13(5-6-14)17-16-12/h3-4,7H,5-6,8,14H2,1-2H3. The largest absolute Gasteiger partial charge is 0.339 e. The van der Waals surface area contributed by atoms with E-state index in [9.17, 15) is 0 Å². The van der Waals surface area contributed by atoms with Gasteiger partial charge < -0.3 is 10.3 Å². The Balaban J connectivity index is 2.11. The van der Waals surface area contributed by atoms with E-state index in [0.29, 0.717) is 25.3 Å². The summed E-state index contributed by atoms with van der Waals surface area (Å²) >= 11 is 0. The predicted octanol–water partition coefficient (Wildman–Crippen LogP) is 1.78. The van der Waals surface area contributed by atoms with Gasteiger partial charge in [0.15, 0.2) is 5.82 Å². The highest BCUT2D eigenvalue weighted by Crippen LogP contribution is 2.12. The molecule has 0 saturated heterocycles. The van der Waals surface area contributed by atoms with Crippen molar-refractivity contribution in [1.82, 2.24) is 10.1 Å². The lowest BCUT2D eigenvalue weighted by atomic mass is 10.0. The highest BCUT2D eigenvalue weighted by atomic mass is 16.5. The van der Waals surface area contributed by atoms with Crippen LogP contribution in [0.25, 0.3) is 0 Å². The van der Waals surface area contributed by atoms with Gasteiger partial charge in [0.1, 0.15) is 0 Å². The topological polar surface area (TPSA) is 64.9 Å². The molecule has 0 unspecified atom stereocenters. The summed E-state index contributed by atoms with van der Waals surface area (Å²) in [5.74, 6) is 1.34. The van der Waals surface area contributed by atoms with Crippen LogP contribution in [0.5, 0.6) is 0 Å². The Morgan fingerprint density at radius 1 is 1.24 bits per heavy atom. The van der Waals surface area contributed by atoms with Crippen molar-refractivity contribution >= 4 is 0 Å². The summed E-state index contributed by atoms with van der Waals surface area (Å²) in [5, 5.41) is 3.94. The van der Waals surface area contributed by atoms with Crippen LogP contribution in [0, 0.1) is 13.8 Å². The third-order valence-corrected chi connectivity index (χ3v) is 2.80. The monoisotopic (exact) mass is 231 g/mol. The van der Waals surface area contributed by atoms with Crippen LogP contribution in [0.15, 0.2) is 22.7 Å². The third kappa shape index (κ3) is 2.91. The molecule has 1 aromatic heterocycles. The molecule has 0 bridgehead atoms. The minimum Gasteiger partial charge on any atom is -0.339 e. The first kappa shape index (κ1) is 11.8. The van der Waals surface area contributed by atoms with Crippen molar-refractivity contribution < 1.29 is 4.52 Å². The average Bonchev–Trinajstić information content (AvgIpc) is 2.72. The lowest BCUT2D eigenvalue weighted by Gasteiger charge is -2.02. The number of nitrogens with zero attached hydrogens (tertiary/aromatic N) is 2. The lowest BCUT2D eigenvalue weighted by molar-refractivity contribution is 0.375. The van der Waals surface area contributed by atoms with E-state index < -0.39 is 0 Å². The third-order valence-electron chi connectivity index (χ3n) is 2.80. The maximum Gasteiger partial charge on any atom is 0.227 e. The fraction of sp³-hybridized carbons (Fsp3) is 0.385. The van der Waals surface area contributed by atoms with E-state index in [1.165, 1.54) is 16.7 Å². The molecule has 0 atom stereocenters. The van der Waals surface area contributed by atoms with Crippen molar-refractivity contribution in [3.05, 3.63) is 46.6 Å². The van der Waals surface area contributed by atoms with Crippen molar-refractivity contribution in [2.24, 2.45) is 5.73 Å². The van der Waals surface area contributed by atoms with E-state index in [4.69, 9.17) is 10.3 Å². The van der Waals surface area contributed by atoms with Gasteiger partial charge in [0, 0.05) is 19.4 Å². The van der Waals surface area contributed by atoms with Crippen molar-refractivity contribution in [1.29, 1.82) is 0 Å². The van der Waals surface area contributed by atoms with Crippen LogP contribution in [0.2, 0.25) is 0 Å². The molecule has 0 amide bonds. The Kier molecular flexibility index (Phi) is 3.54. The van der Waals surface area contributed by atoms with Gasteiger partial charge in [-0.1, -0.05) is 23.4 Å². The molecule has 0 saturated carbocycles. The summed E-state index contributed by atoms with van der Waals surface area (Å²) < 4.78 is 5.09. The van der Waals surface area contributed by atoms with Gasteiger partial charge in [-0.25, -0.2) is 0 Å². The highest BCUT2D eigenvalue weighted by Gasteiger charge is 2.06. The highest BCUT2D eigenvalue weighted by molar-refractivity contribution is 5.31. The van der Waals surface area contributed by atoms with Crippen LogP contribution in [0.1, 0.15) is 28.4 Å². The fourth-order valence-electron chi connectivity index (χ4n) is 1.68. The molecule has 0 aliphatic rings. The van der Waals surface area contributed by atoms with Gasteiger partial charge in [0.25, 0.3) is 0 Å². The quantitative estimate of drug-likeness (QED) is 0.871. The lowest BCUT2D eigenvalue weighted by Crippen LogP contribution is -2.03. The fourth-order valence-corrected chi connectivity index (χ4v) is 1.68. The SMILES string of the molecule is Cc1ccc(Cc2noc(CCN)n2)cc1C. The van der Waals surface area contributed by atoms with E-state index in [2.05, 4.69) is 42.2 Å². The Hall–Kier alpha value is -1.68. The van der Waals surface area contributed by atoms with E-state index in [0.717, 1.165) is 5.82 Å². The minimum atomic E-state index is 0.533. The van der Waals surface area contributed by atoms with E-state index >= 15 is 0 Å². The van der Waals surface area contributed by atoms with Crippen LogP contribution < -0.4 is 5.73 Å². The predicted molar refractivity (Wildman–Crippen MR) is 65.8 cm³/mol. The average molecular weight is 231 g/mol. The second-order valence-corrected chi connectivity index (χ2v) is 4.24. The van der Waals surface area contributed by atoms with Crippen LogP contribution >= 0.6 is 0 Å². The van der Waals surface area contributed by atoms with Gasteiger partial charge in [-0.05, 0) is 30.5 Å². The van der Waals surface area contributed by atoms with Gasteiger partial charge in [0.2, 0.25) is 5.89 Å². The Morgan fingerprint density at radius 3 is 2.76 bits per heavy atom. The Labute approximate surface area is 101 Å². The number of aryl methyl sites for hydroxylation is 2. The van der Waals surface area contributed by atoms with Crippen molar-refractivity contribution in [3.8, 4) is 0 Å². The number of nitrogens with two attached hydrogens (primary N) is 1. The van der Waals surface area contributed by atoms with Gasteiger partial charge in [-0.2, -0.15) is 4.98 Å². The van der Waals surface area contributed by atoms with Gasteiger partial charge >= 0.3 is 0 Å². The van der Waals surface area contributed by atoms with E-state index in [1.807, 2.05) is 0 Å². The molecule has 0 fully saturated rings. The van der Waals surface area contributed by atoms with Crippen LogP contribution in [-0.4, -0.2) is 16.7 Å². The number of hydrogen-bond donors (Lipinski definition) is 1. The second kappa shape index (κ2) is 5.10. The summed E-state index contributed by atoms with van der Waals surface area (Å²) in [7, 11) is 0. The molecule has 2 aromatic rings. The maximum atomic E-state index is 5.43. The van der Waals surface area contributed by atoms with Gasteiger partial charge in [0.05, 0.1) is 0 Å². The molecule has 4 nitrogen and oxygen atoms in total. The molecule has 0 spiro atoms. The van der Waals surface area contributed by atoms with E-state index in [-0.39, 0.29) is 0 Å². The van der Waals surface area contributed by atoms with Gasteiger partial charge in [-0.15, -0.1) is 0 Å². The molecule has 0 aliphatic carbocycles. The zero-order chi connectivity index (χ0) is 12.3. The minimum absolute atomic E-state index is 0.533. The molecule has 2 rings (SSSR count). The summed E-state index contributed by atoms with van der Waals surface area (Å²) in [6.45, 7) is 4.74. The first-order valence-corrected chi connectivity index (χ1v) is 5.76. The number of benzene rings is 1. The molecule has 90 valence electrons. The molecule has 1 aromatic carbocycles. The first-order chi connectivity index (χ1) is 8.19.